The number of halogens is 1. The molecule has 1 N–H and O–H groups in total. The summed E-state index contributed by atoms with van der Waals surface area (Å²) < 4.78 is 41.8. The molecule has 0 spiro atoms. The Kier molecular flexibility index (Phi) is 5.92. The first-order chi connectivity index (χ1) is 11.7. The lowest BCUT2D eigenvalue weighted by Gasteiger charge is -2.32. The summed E-state index contributed by atoms with van der Waals surface area (Å²) in [6, 6.07) is 3.02. The zero-order valence-electron chi connectivity index (χ0n) is 17.3. The number of nitrogens with one attached hydrogen (secondary N) is 1. The first-order valence-electron chi connectivity index (χ1n) is 8.99. The SMILES string of the molecule is Cc1cc(B2OC(C)(C)C(C)(C)O2)c(F)cc1[C@@H](C)N[S@@+]([O-])C(C)(C)C. The molecule has 1 heterocycles. The number of hydrogen-bond donors (Lipinski definition) is 1. The normalized spacial score (nSPS) is 21.7. The van der Waals surface area contributed by atoms with Gasteiger partial charge in [0.05, 0.1) is 17.2 Å². The van der Waals surface area contributed by atoms with Crippen LogP contribution in [-0.2, 0) is 20.7 Å². The van der Waals surface area contributed by atoms with Gasteiger partial charge in [-0.3, -0.25) is 0 Å². The highest BCUT2D eigenvalue weighted by Crippen LogP contribution is 2.37. The second-order valence-electron chi connectivity index (χ2n) is 9.04. The minimum Gasteiger partial charge on any atom is -0.598 e. The van der Waals surface area contributed by atoms with E-state index in [-0.39, 0.29) is 16.6 Å². The molecule has 1 aromatic rings. The predicted molar refractivity (Wildman–Crippen MR) is 106 cm³/mol. The van der Waals surface area contributed by atoms with E-state index in [1.807, 2.05) is 62.3 Å². The Morgan fingerprint density at radius 1 is 1.15 bits per heavy atom. The molecule has 1 aromatic carbocycles. The Bertz CT molecular complexity index is 659. The van der Waals surface area contributed by atoms with Crippen molar-refractivity contribution in [1.29, 1.82) is 0 Å². The molecule has 1 aliphatic rings. The van der Waals surface area contributed by atoms with Crippen LogP contribution in [0.3, 0.4) is 0 Å². The molecule has 1 aliphatic heterocycles. The van der Waals surface area contributed by atoms with Crippen LogP contribution in [0.5, 0.6) is 0 Å². The van der Waals surface area contributed by atoms with Crippen LogP contribution in [0.15, 0.2) is 12.1 Å². The molecule has 2 atom stereocenters. The Hall–Kier alpha value is -0.595. The van der Waals surface area contributed by atoms with Gasteiger partial charge in [-0.15, -0.1) is 4.72 Å². The molecule has 146 valence electrons. The highest BCUT2D eigenvalue weighted by atomic mass is 32.2. The number of benzene rings is 1. The van der Waals surface area contributed by atoms with Gasteiger partial charge in [-0.1, -0.05) is 6.07 Å². The van der Waals surface area contributed by atoms with Gasteiger partial charge in [0, 0.05) is 16.8 Å². The summed E-state index contributed by atoms with van der Waals surface area (Å²) in [6.45, 7) is 17.3. The number of rotatable bonds is 4. The number of aryl methyl sites for hydroxylation is 1. The van der Waals surface area contributed by atoms with Gasteiger partial charge in [-0.25, -0.2) is 4.39 Å². The number of hydrogen-bond acceptors (Lipinski definition) is 4. The fraction of sp³-hybridized carbons (Fsp3) is 0.684. The zero-order chi connectivity index (χ0) is 20.1. The maximum absolute atomic E-state index is 14.9. The van der Waals surface area contributed by atoms with E-state index in [9.17, 15) is 8.94 Å². The minimum absolute atomic E-state index is 0.239. The highest BCUT2D eigenvalue weighted by Gasteiger charge is 2.52. The third-order valence-electron chi connectivity index (χ3n) is 5.20. The zero-order valence-corrected chi connectivity index (χ0v) is 18.1. The van der Waals surface area contributed by atoms with Gasteiger partial charge in [-0.05, 0) is 79.5 Å². The lowest BCUT2D eigenvalue weighted by atomic mass is 9.77. The Morgan fingerprint density at radius 3 is 2.12 bits per heavy atom. The van der Waals surface area contributed by atoms with Crippen molar-refractivity contribution in [3.05, 3.63) is 29.1 Å². The van der Waals surface area contributed by atoms with Gasteiger partial charge in [-0.2, -0.15) is 0 Å². The van der Waals surface area contributed by atoms with Gasteiger partial charge < -0.3 is 13.9 Å². The summed E-state index contributed by atoms with van der Waals surface area (Å²) in [5, 5.41) is 0. The van der Waals surface area contributed by atoms with Crippen molar-refractivity contribution in [2.75, 3.05) is 0 Å². The Labute approximate surface area is 160 Å². The van der Waals surface area contributed by atoms with E-state index >= 15 is 0 Å². The molecule has 4 nitrogen and oxygen atoms in total. The molecular formula is C19H31BFNO3S. The van der Waals surface area contributed by atoms with Crippen LogP contribution in [-0.4, -0.2) is 27.6 Å². The Morgan fingerprint density at radius 2 is 1.65 bits per heavy atom. The minimum atomic E-state index is -1.23. The van der Waals surface area contributed by atoms with Crippen molar-refractivity contribution in [2.24, 2.45) is 0 Å². The van der Waals surface area contributed by atoms with Crippen LogP contribution in [0.1, 0.15) is 72.6 Å². The van der Waals surface area contributed by atoms with E-state index < -0.39 is 29.7 Å². The van der Waals surface area contributed by atoms with Crippen molar-refractivity contribution in [3.63, 3.8) is 0 Å². The predicted octanol–water partition coefficient (Wildman–Crippen LogP) is 3.55. The first kappa shape index (κ1) is 21.7. The quantitative estimate of drug-likeness (QED) is 0.638. The van der Waals surface area contributed by atoms with Gasteiger partial charge in [0.2, 0.25) is 0 Å². The van der Waals surface area contributed by atoms with Crippen LogP contribution in [0.2, 0.25) is 0 Å². The molecule has 0 radical (unpaired) electrons. The lowest BCUT2D eigenvalue weighted by molar-refractivity contribution is 0.00578. The van der Waals surface area contributed by atoms with Crippen LogP contribution in [0.4, 0.5) is 4.39 Å². The first-order valence-corrected chi connectivity index (χ1v) is 10.1. The molecule has 2 rings (SSSR count). The molecule has 26 heavy (non-hydrogen) atoms. The molecule has 0 saturated carbocycles. The van der Waals surface area contributed by atoms with E-state index in [2.05, 4.69) is 4.72 Å². The molecule has 0 amide bonds. The molecule has 1 fully saturated rings. The largest absolute Gasteiger partial charge is 0.598 e. The third-order valence-corrected chi connectivity index (χ3v) is 6.88. The van der Waals surface area contributed by atoms with E-state index in [1.165, 1.54) is 6.07 Å². The third kappa shape index (κ3) is 4.28. The van der Waals surface area contributed by atoms with Gasteiger partial charge in [0.15, 0.2) is 0 Å². The van der Waals surface area contributed by atoms with E-state index in [4.69, 9.17) is 9.31 Å². The summed E-state index contributed by atoms with van der Waals surface area (Å²) in [6.07, 6.45) is 0. The van der Waals surface area contributed by atoms with Crippen LogP contribution in [0.25, 0.3) is 0 Å². The summed E-state index contributed by atoms with van der Waals surface area (Å²) >= 11 is -1.23. The van der Waals surface area contributed by atoms with Crippen LogP contribution in [0, 0.1) is 12.7 Å². The van der Waals surface area contributed by atoms with Crippen molar-refractivity contribution < 1.29 is 18.3 Å². The second-order valence-corrected chi connectivity index (χ2v) is 11.0. The van der Waals surface area contributed by atoms with Crippen LogP contribution < -0.4 is 10.2 Å². The molecule has 1 saturated heterocycles. The van der Waals surface area contributed by atoms with Gasteiger partial charge in [0.1, 0.15) is 10.6 Å². The maximum Gasteiger partial charge on any atom is 0.497 e. The smallest absolute Gasteiger partial charge is 0.497 e. The van der Waals surface area contributed by atoms with Crippen molar-refractivity contribution in [1.82, 2.24) is 4.72 Å². The summed E-state index contributed by atoms with van der Waals surface area (Å²) in [5.41, 5.74) is 1.04. The molecule has 0 aliphatic carbocycles. The topological polar surface area (TPSA) is 53.5 Å². The maximum atomic E-state index is 14.9. The van der Waals surface area contributed by atoms with Gasteiger partial charge >= 0.3 is 7.12 Å². The standard InChI is InChI=1S/C19H31BFNO3S/c1-12-10-15(20-24-18(6,7)19(8,9)25-20)16(21)11-14(12)13(2)22-26(23)17(3,4)5/h10-11,13,22H,1-9H3/t13-,26+/m1/s1. The van der Waals surface area contributed by atoms with Crippen molar-refractivity contribution in [2.45, 2.75) is 84.3 Å². The molecule has 0 aromatic heterocycles. The van der Waals surface area contributed by atoms with Gasteiger partial charge in [0.25, 0.3) is 0 Å². The van der Waals surface area contributed by atoms with Crippen molar-refractivity contribution in [3.8, 4) is 0 Å². The molecular weight excluding hydrogens is 352 g/mol. The molecule has 0 bridgehead atoms. The fourth-order valence-corrected chi connectivity index (χ4v) is 3.54. The average molecular weight is 383 g/mol. The summed E-state index contributed by atoms with van der Waals surface area (Å²) in [5.74, 6) is -0.376. The van der Waals surface area contributed by atoms with Crippen molar-refractivity contribution >= 4 is 23.9 Å². The molecule has 7 heteroatoms. The average Bonchev–Trinajstić information content (AvgIpc) is 2.68. The molecule has 0 unspecified atom stereocenters. The lowest BCUT2D eigenvalue weighted by Crippen LogP contribution is -2.41. The fourth-order valence-electron chi connectivity index (χ4n) is 2.74. The van der Waals surface area contributed by atoms with E-state index in [0.717, 1.165) is 11.1 Å². The van der Waals surface area contributed by atoms with E-state index in [0.29, 0.717) is 5.46 Å². The second kappa shape index (κ2) is 7.10. The summed E-state index contributed by atoms with van der Waals surface area (Å²) in [7, 11) is -0.736. The summed E-state index contributed by atoms with van der Waals surface area (Å²) in [4.78, 5) is 0. The highest BCUT2D eigenvalue weighted by molar-refractivity contribution is 7.90. The Balaban J connectivity index is 2.26. The van der Waals surface area contributed by atoms with Crippen LogP contribution >= 0.6 is 0 Å². The monoisotopic (exact) mass is 383 g/mol. The van der Waals surface area contributed by atoms with E-state index in [1.54, 1.807) is 6.07 Å².